The third-order valence-corrected chi connectivity index (χ3v) is 9.53. The summed E-state index contributed by atoms with van der Waals surface area (Å²) in [4.78, 5) is 57.3. The third-order valence-electron chi connectivity index (χ3n) is 8.89. The van der Waals surface area contributed by atoms with Gasteiger partial charge in [0.25, 0.3) is 0 Å². The predicted molar refractivity (Wildman–Crippen MR) is 196 cm³/mol. The van der Waals surface area contributed by atoms with E-state index in [0.717, 1.165) is 38.5 Å². The Morgan fingerprint density at radius 1 is 0.588 bits per heavy atom. The normalized spacial score (nSPS) is 13.5. The van der Waals surface area contributed by atoms with E-state index in [9.17, 15) is 28.9 Å². The first kappa shape index (κ1) is 52.6. The zero-order valence-electron chi connectivity index (χ0n) is 32.7. The Hall–Kier alpha value is -0.520. The van der Waals surface area contributed by atoms with Gasteiger partial charge in [0.05, 0.1) is 6.61 Å². The molecule has 0 saturated heterocycles. The van der Waals surface area contributed by atoms with E-state index in [1.165, 1.54) is 116 Å². The molecule has 0 aromatic carbocycles. The summed E-state index contributed by atoms with van der Waals surface area (Å²) >= 11 is 0. The minimum Gasteiger partial charge on any atom is -0.766 e. The molecule has 0 aliphatic rings. The van der Waals surface area contributed by atoms with E-state index in [4.69, 9.17) is 19.1 Å². The van der Waals surface area contributed by atoms with Crippen LogP contribution in [-0.4, -0.2) is 59.9 Å². The van der Waals surface area contributed by atoms with Crippen LogP contribution in [0.15, 0.2) is 0 Å². The topological polar surface area (TPSA) is 172 Å². The van der Waals surface area contributed by atoms with Crippen LogP contribution in [0.1, 0.15) is 194 Å². The van der Waals surface area contributed by atoms with Crippen LogP contribution in [-0.2, 0) is 33.2 Å². The summed E-state index contributed by atoms with van der Waals surface area (Å²) in [6, 6.07) is -1.73. The average Bonchev–Trinajstić information content (AvgIpc) is 3.08. The number of aliphatic hydroxyl groups excluding tert-OH is 1. The van der Waals surface area contributed by atoms with Crippen LogP contribution < -0.4 is 39.5 Å². The van der Waals surface area contributed by atoms with Crippen LogP contribution in [0, 0.1) is 0 Å². The molecule has 13 heteroatoms. The van der Waals surface area contributed by atoms with Gasteiger partial charge in [0, 0.05) is 12.8 Å². The van der Waals surface area contributed by atoms with Crippen LogP contribution in [0.3, 0.4) is 0 Å². The fourth-order valence-corrected chi connectivity index (χ4v) is 6.41. The average molecular weight is 758 g/mol. The summed E-state index contributed by atoms with van der Waals surface area (Å²) in [6.07, 6.45) is 30.1. The summed E-state index contributed by atoms with van der Waals surface area (Å²) in [5, 5.41) is 10.9. The number of hydrogen-bond donors (Lipinski definition) is 3. The van der Waals surface area contributed by atoms with Gasteiger partial charge in [0.2, 0.25) is 7.75 Å². The van der Waals surface area contributed by atoms with E-state index in [2.05, 4.69) is 13.8 Å². The molecule has 0 spiro atoms. The van der Waals surface area contributed by atoms with E-state index in [-0.39, 0.29) is 49.0 Å². The Bertz CT molecular complexity index is 876. The second-order valence-corrected chi connectivity index (χ2v) is 15.1. The predicted octanol–water partition coefficient (Wildman–Crippen LogP) is 5.36. The van der Waals surface area contributed by atoms with E-state index in [0.29, 0.717) is 12.8 Å². The Balaban J connectivity index is 0. The van der Waals surface area contributed by atoms with Gasteiger partial charge in [-0.3, -0.25) is 18.9 Å². The number of ether oxygens (including phenoxy) is 3. The van der Waals surface area contributed by atoms with Crippen LogP contribution in [0.2, 0.25) is 0 Å². The van der Waals surface area contributed by atoms with Crippen LogP contribution >= 0.6 is 7.75 Å². The van der Waals surface area contributed by atoms with Crippen molar-refractivity contribution in [1.29, 1.82) is 0 Å². The molecule has 0 amide bonds. The van der Waals surface area contributed by atoms with Crippen molar-refractivity contribution in [2.75, 3.05) is 19.8 Å². The van der Waals surface area contributed by atoms with Gasteiger partial charge in [-0.05, 0) is 12.8 Å². The zero-order valence-corrected chi connectivity index (χ0v) is 35.6. The van der Waals surface area contributed by atoms with Crippen LogP contribution in [0.25, 0.3) is 0 Å². The fraction of sp³-hybridized carbons (Fsp3) is 0.921. The van der Waals surface area contributed by atoms with E-state index < -0.39 is 51.0 Å². The molecule has 0 bridgehead atoms. The van der Waals surface area contributed by atoms with Crippen molar-refractivity contribution in [3.63, 3.8) is 0 Å². The fourth-order valence-electron chi connectivity index (χ4n) is 5.83. The number of esters is 3. The quantitative estimate of drug-likeness (QED) is 0.0245. The number of aliphatic hydroxyl groups is 1. The smallest absolute Gasteiger partial charge is 0.766 e. The molecular formula is C38H73NNaO10P. The number of nitrogens with one attached hydrogen (secondary N) is 1. The van der Waals surface area contributed by atoms with Gasteiger partial charge in [0.1, 0.15) is 19.3 Å². The molecular weight excluding hydrogens is 684 g/mol. The first-order valence-corrected chi connectivity index (χ1v) is 21.6. The number of unbranched alkanes of at least 4 members (excludes halogenated alkanes) is 24. The molecule has 0 aromatic rings. The molecule has 0 heterocycles. The molecule has 3 atom stereocenters. The Morgan fingerprint density at radius 2 is 0.922 bits per heavy atom. The molecule has 51 heavy (non-hydrogen) atoms. The minimum atomic E-state index is -5.07. The first-order chi connectivity index (χ1) is 24.1. The maximum Gasteiger partial charge on any atom is 1.00 e. The Labute approximate surface area is 332 Å². The van der Waals surface area contributed by atoms with Gasteiger partial charge < -0.3 is 29.1 Å². The summed E-state index contributed by atoms with van der Waals surface area (Å²) in [5.41, 5.74) is 0. The van der Waals surface area contributed by atoms with Crippen molar-refractivity contribution < 1.29 is 77.6 Å². The van der Waals surface area contributed by atoms with Gasteiger partial charge >= 0.3 is 47.5 Å². The SMILES string of the molecule is CCCCCCCCCCCCCCCC(=O)OCC(COC(=O)[C@H](CO)NP(=O)([O-])O)OC(=O)CCCCCCCCCCCCCCC.[Na+]. The van der Waals surface area contributed by atoms with Gasteiger partial charge in [0.15, 0.2) is 6.10 Å². The second kappa shape index (κ2) is 37.8. The van der Waals surface area contributed by atoms with E-state index >= 15 is 0 Å². The van der Waals surface area contributed by atoms with Gasteiger partial charge in [-0.15, -0.1) is 0 Å². The molecule has 0 saturated carbocycles. The molecule has 0 aromatic heterocycles. The minimum absolute atomic E-state index is 0. The van der Waals surface area contributed by atoms with Crippen molar-refractivity contribution in [1.82, 2.24) is 5.09 Å². The molecule has 11 nitrogen and oxygen atoms in total. The molecule has 3 N–H and O–H groups in total. The Kier molecular flexibility index (Phi) is 39.0. The molecule has 0 radical (unpaired) electrons. The number of carbonyl (C=O) groups is 3. The number of carbonyl (C=O) groups excluding carboxylic acids is 3. The van der Waals surface area contributed by atoms with E-state index in [1.54, 1.807) is 5.09 Å². The standard InChI is InChI=1S/C38H74NO10P.Na/c1-3-5-7-9-11-13-15-17-19-21-23-25-27-29-36(41)47-32-34(33-48-38(43)35(31-40)39-50(44,45)46)49-37(42)30-28-26-24-22-20-18-16-14-12-10-8-6-4-2;/h34-35,40H,3-33H2,1-2H3,(H3,39,44,45,46);/q;+1/p-1/t34?,35-;/m0./s1. The maximum absolute atomic E-state index is 12.6. The maximum atomic E-state index is 12.6. The number of hydrogen-bond acceptors (Lipinski definition) is 9. The zero-order chi connectivity index (χ0) is 37.1. The van der Waals surface area contributed by atoms with Gasteiger partial charge in [-0.1, -0.05) is 168 Å². The number of rotatable bonds is 37. The summed E-state index contributed by atoms with van der Waals surface area (Å²) in [7, 11) is -5.07. The summed E-state index contributed by atoms with van der Waals surface area (Å²) in [5.74, 6) is -2.13. The summed E-state index contributed by atoms with van der Waals surface area (Å²) in [6.45, 7) is 2.67. The second-order valence-electron chi connectivity index (χ2n) is 13.8. The van der Waals surface area contributed by atoms with Crippen molar-refractivity contribution in [2.24, 2.45) is 0 Å². The molecule has 2 unspecified atom stereocenters. The van der Waals surface area contributed by atoms with Crippen molar-refractivity contribution >= 4 is 25.7 Å². The van der Waals surface area contributed by atoms with E-state index in [1.807, 2.05) is 0 Å². The third kappa shape index (κ3) is 37.6. The van der Waals surface area contributed by atoms with Crippen molar-refractivity contribution in [3.05, 3.63) is 0 Å². The van der Waals surface area contributed by atoms with Gasteiger partial charge in [-0.25, -0.2) is 5.09 Å². The molecule has 0 aliphatic carbocycles. The van der Waals surface area contributed by atoms with Crippen molar-refractivity contribution in [3.8, 4) is 0 Å². The Morgan fingerprint density at radius 3 is 1.27 bits per heavy atom. The summed E-state index contributed by atoms with van der Waals surface area (Å²) < 4.78 is 26.9. The first-order valence-electron chi connectivity index (χ1n) is 20.1. The molecule has 296 valence electrons. The molecule has 0 aliphatic heterocycles. The largest absolute Gasteiger partial charge is 1.00 e. The van der Waals surface area contributed by atoms with Crippen molar-refractivity contribution in [2.45, 2.75) is 206 Å². The van der Waals surface area contributed by atoms with Gasteiger partial charge in [-0.2, -0.15) is 0 Å². The van der Waals surface area contributed by atoms with Crippen LogP contribution in [0.5, 0.6) is 0 Å². The molecule has 0 rings (SSSR count). The van der Waals surface area contributed by atoms with Crippen LogP contribution in [0.4, 0.5) is 0 Å². The monoisotopic (exact) mass is 757 g/mol. The molecule has 0 fully saturated rings.